The second kappa shape index (κ2) is 9.31. The zero-order chi connectivity index (χ0) is 21.6. The van der Waals surface area contributed by atoms with Gasteiger partial charge in [0.15, 0.2) is 11.9 Å². The standard InChI is InChI=1S/C20H17F4NO4/c1-12(19(28)25-16-8-4-14(5-9-16)20(22,23)24)29-18(27)11-10-17(26)13-2-6-15(21)7-3-13/h2-9,12H,10-11H2,1H3,(H,25,28). The van der Waals surface area contributed by atoms with Gasteiger partial charge in [0, 0.05) is 17.7 Å². The van der Waals surface area contributed by atoms with Gasteiger partial charge < -0.3 is 10.1 Å². The molecule has 154 valence electrons. The highest BCUT2D eigenvalue weighted by molar-refractivity contribution is 5.98. The Kier molecular flexibility index (Phi) is 7.08. The number of Topliss-reactive ketones (excluding diaryl/α,β-unsaturated/α-hetero) is 1. The molecule has 0 aliphatic heterocycles. The third-order valence-electron chi connectivity index (χ3n) is 3.88. The van der Waals surface area contributed by atoms with E-state index >= 15 is 0 Å². The molecule has 1 N–H and O–H groups in total. The van der Waals surface area contributed by atoms with E-state index in [0.29, 0.717) is 0 Å². The summed E-state index contributed by atoms with van der Waals surface area (Å²) in [7, 11) is 0. The molecule has 0 spiro atoms. The van der Waals surface area contributed by atoms with E-state index in [1.165, 1.54) is 19.1 Å². The average Bonchev–Trinajstić information content (AvgIpc) is 2.66. The van der Waals surface area contributed by atoms with Crippen LogP contribution in [0.15, 0.2) is 48.5 Å². The van der Waals surface area contributed by atoms with E-state index in [0.717, 1.165) is 36.4 Å². The molecule has 0 radical (unpaired) electrons. The third kappa shape index (κ3) is 6.70. The minimum Gasteiger partial charge on any atom is -0.453 e. The van der Waals surface area contributed by atoms with Crippen LogP contribution in [0.4, 0.5) is 23.2 Å². The van der Waals surface area contributed by atoms with Crippen LogP contribution >= 0.6 is 0 Å². The summed E-state index contributed by atoms with van der Waals surface area (Å²) >= 11 is 0. The largest absolute Gasteiger partial charge is 0.453 e. The number of nitrogens with one attached hydrogen (secondary N) is 1. The van der Waals surface area contributed by atoms with Gasteiger partial charge in [0.2, 0.25) is 0 Å². The Hall–Kier alpha value is -3.23. The molecule has 0 aromatic heterocycles. The summed E-state index contributed by atoms with van der Waals surface area (Å²) in [6.07, 6.45) is -6.17. The molecule has 1 amide bonds. The Labute approximate surface area is 163 Å². The van der Waals surface area contributed by atoms with Crippen molar-refractivity contribution in [1.82, 2.24) is 0 Å². The third-order valence-corrected chi connectivity index (χ3v) is 3.88. The molecular weight excluding hydrogens is 394 g/mol. The van der Waals surface area contributed by atoms with Crippen LogP contribution in [0.25, 0.3) is 0 Å². The first-order chi connectivity index (χ1) is 13.6. The molecule has 2 rings (SSSR count). The summed E-state index contributed by atoms with van der Waals surface area (Å²) in [6, 6.07) is 8.62. The molecule has 2 aromatic carbocycles. The normalized spacial score (nSPS) is 12.2. The van der Waals surface area contributed by atoms with Crippen molar-refractivity contribution in [2.75, 3.05) is 5.32 Å². The lowest BCUT2D eigenvalue weighted by atomic mass is 10.1. The topological polar surface area (TPSA) is 72.5 Å². The van der Waals surface area contributed by atoms with Crippen molar-refractivity contribution in [3.05, 3.63) is 65.5 Å². The van der Waals surface area contributed by atoms with Crippen molar-refractivity contribution >= 4 is 23.3 Å². The first-order valence-corrected chi connectivity index (χ1v) is 8.52. The highest BCUT2D eigenvalue weighted by atomic mass is 19.4. The Balaban J connectivity index is 1.81. The highest BCUT2D eigenvalue weighted by Crippen LogP contribution is 2.29. The highest BCUT2D eigenvalue weighted by Gasteiger charge is 2.30. The number of alkyl halides is 3. The predicted octanol–water partition coefficient (Wildman–Crippen LogP) is 4.38. The molecule has 2 aromatic rings. The van der Waals surface area contributed by atoms with Gasteiger partial charge in [-0.05, 0) is 55.5 Å². The van der Waals surface area contributed by atoms with Gasteiger partial charge in [-0.1, -0.05) is 0 Å². The second-order valence-corrected chi connectivity index (χ2v) is 6.13. The van der Waals surface area contributed by atoms with Crippen LogP contribution in [0.3, 0.4) is 0 Å². The lowest BCUT2D eigenvalue weighted by Crippen LogP contribution is -2.30. The maximum Gasteiger partial charge on any atom is 0.416 e. The van der Waals surface area contributed by atoms with E-state index in [1.807, 2.05) is 0 Å². The van der Waals surface area contributed by atoms with Crippen LogP contribution in [0.1, 0.15) is 35.7 Å². The van der Waals surface area contributed by atoms with Gasteiger partial charge in [0.1, 0.15) is 5.82 Å². The van der Waals surface area contributed by atoms with E-state index < -0.39 is 35.5 Å². The molecule has 0 bridgehead atoms. The number of carbonyl (C=O) groups is 3. The maximum absolute atomic E-state index is 12.8. The molecule has 1 atom stereocenters. The Bertz CT molecular complexity index is 877. The minimum absolute atomic E-state index is 0.109. The Morgan fingerprint density at radius 1 is 0.966 bits per heavy atom. The van der Waals surface area contributed by atoms with E-state index in [1.54, 1.807) is 0 Å². The van der Waals surface area contributed by atoms with Gasteiger partial charge in [-0.25, -0.2) is 4.39 Å². The van der Waals surface area contributed by atoms with Crippen LogP contribution in [-0.2, 0) is 20.5 Å². The number of ether oxygens (including phenoxy) is 1. The number of rotatable bonds is 7. The Morgan fingerprint density at radius 2 is 1.55 bits per heavy atom. The average molecular weight is 411 g/mol. The van der Waals surface area contributed by atoms with Crippen molar-refractivity contribution in [1.29, 1.82) is 0 Å². The van der Waals surface area contributed by atoms with Gasteiger partial charge in [-0.15, -0.1) is 0 Å². The number of carbonyl (C=O) groups excluding carboxylic acids is 3. The van der Waals surface area contributed by atoms with Crippen molar-refractivity contribution in [3.63, 3.8) is 0 Å². The summed E-state index contributed by atoms with van der Waals surface area (Å²) in [5.74, 6) is -2.41. The minimum atomic E-state index is -4.49. The summed E-state index contributed by atoms with van der Waals surface area (Å²) in [5, 5.41) is 2.34. The van der Waals surface area contributed by atoms with Crippen molar-refractivity contribution in [3.8, 4) is 0 Å². The fraction of sp³-hybridized carbons (Fsp3) is 0.250. The number of esters is 1. The molecule has 0 aliphatic rings. The first kappa shape index (κ1) is 22.1. The van der Waals surface area contributed by atoms with Crippen LogP contribution in [0, 0.1) is 5.82 Å². The number of anilines is 1. The zero-order valence-electron chi connectivity index (χ0n) is 15.3. The fourth-order valence-corrected chi connectivity index (χ4v) is 2.29. The second-order valence-electron chi connectivity index (χ2n) is 6.13. The lowest BCUT2D eigenvalue weighted by molar-refractivity contribution is -0.153. The van der Waals surface area contributed by atoms with Crippen LogP contribution in [-0.4, -0.2) is 23.8 Å². The van der Waals surface area contributed by atoms with Crippen molar-refractivity contribution in [2.45, 2.75) is 32.0 Å². The van der Waals surface area contributed by atoms with E-state index in [2.05, 4.69) is 5.32 Å². The number of hydrogen-bond donors (Lipinski definition) is 1. The van der Waals surface area contributed by atoms with Crippen LogP contribution in [0.2, 0.25) is 0 Å². The van der Waals surface area contributed by atoms with Crippen LogP contribution in [0.5, 0.6) is 0 Å². The number of ketones is 1. The lowest BCUT2D eigenvalue weighted by Gasteiger charge is -2.14. The van der Waals surface area contributed by atoms with Crippen molar-refractivity contribution < 1.29 is 36.7 Å². The number of amides is 1. The summed E-state index contributed by atoms with van der Waals surface area (Å²) < 4.78 is 55.3. The van der Waals surface area contributed by atoms with Gasteiger partial charge in [0.05, 0.1) is 12.0 Å². The SMILES string of the molecule is CC(OC(=O)CCC(=O)c1ccc(F)cc1)C(=O)Nc1ccc(C(F)(F)F)cc1. The molecule has 1 unspecified atom stereocenters. The van der Waals surface area contributed by atoms with E-state index in [-0.39, 0.29) is 29.9 Å². The quantitative estimate of drug-likeness (QED) is 0.417. The molecule has 0 saturated heterocycles. The Morgan fingerprint density at radius 3 is 2.10 bits per heavy atom. The first-order valence-electron chi connectivity index (χ1n) is 8.52. The zero-order valence-corrected chi connectivity index (χ0v) is 15.3. The molecule has 0 fully saturated rings. The predicted molar refractivity (Wildman–Crippen MR) is 95.6 cm³/mol. The van der Waals surface area contributed by atoms with Crippen LogP contribution < -0.4 is 5.32 Å². The summed E-state index contributed by atoms with van der Waals surface area (Å²) in [6.45, 7) is 1.29. The molecule has 0 heterocycles. The van der Waals surface area contributed by atoms with Gasteiger partial charge in [-0.2, -0.15) is 13.2 Å². The van der Waals surface area contributed by atoms with Gasteiger partial charge in [0.25, 0.3) is 5.91 Å². The maximum atomic E-state index is 12.8. The van der Waals surface area contributed by atoms with E-state index in [9.17, 15) is 31.9 Å². The molecular formula is C20H17F4NO4. The molecule has 0 aliphatic carbocycles. The molecule has 5 nitrogen and oxygen atoms in total. The van der Waals surface area contributed by atoms with Gasteiger partial charge >= 0.3 is 12.1 Å². The summed E-state index contributed by atoms with van der Waals surface area (Å²) in [4.78, 5) is 35.8. The van der Waals surface area contributed by atoms with Gasteiger partial charge in [-0.3, -0.25) is 14.4 Å². The smallest absolute Gasteiger partial charge is 0.416 e. The van der Waals surface area contributed by atoms with Crippen molar-refractivity contribution in [2.24, 2.45) is 0 Å². The fourth-order valence-electron chi connectivity index (χ4n) is 2.29. The number of benzene rings is 2. The number of hydrogen-bond acceptors (Lipinski definition) is 4. The van der Waals surface area contributed by atoms with E-state index in [4.69, 9.17) is 4.74 Å². The number of halogens is 4. The molecule has 9 heteroatoms. The molecule has 29 heavy (non-hydrogen) atoms. The molecule has 0 saturated carbocycles. The summed E-state index contributed by atoms with van der Waals surface area (Å²) in [5.41, 5.74) is -0.509. The monoisotopic (exact) mass is 411 g/mol.